The van der Waals surface area contributed by atoms with E-state index in [1.54, 1.807) is 6.07 Å². The number of nitrogens with zero attached hydrogens (tertiary/aromatic N) is 1. The smallest absolute Gasteiger partial charge is 0.270 e. The van der Waals surface area contributed by atoms with Crippen LogP contribution in [0.2, 0.25) is 0 Å². The Balaban J connectivity index is 1.57. The number of furan rings is 1. The van der Waals surface area contributed by atoms with Crippen molar-refractivity contribution in [2.45, 2.75) is 24.9 Å². The number of carbonyl (C=O) groups is 2. The first-order chi connectivity index (χ1) is 10.2. The molecule has 6 nitrogen and oxygen atoms in total. The lowest BCUT2D eigenvalue weighted by atomic mass is 10.0. The van der Waals surface area contributed by atoms with Crippen molar-refractivity contribution in [3.8, 4) is 0 Å². The normalized spacial score (nSPS) is 27.1. The minimum absolute atomic E-state index is 0.188. The van der Waals surface area contributed by atoms with Gasteiger partial charge in [-0.05, 0) is 24.8 Å². The highest BCUT2D eigenvalue weighted by atomic mass is 16.3. The van der Waals surface area contributed by atoms with E-state index in [2.05, 4.69) is 15.6 Å². The fourth-order valence-electron chi connectivity index (χ4n) is 3.42. The SMILES string of the molecule is O=Cc1coc2cnc(C(=O)NC3CC4CC3CN4)cc12. The van der Waals surface area contributed by atoms with E-state index in [4.69, 9.17) is 4.42 Å². The molecule has 1 aliphatic carbocycles. The Morgan fingerprint density at radius 3 is 3.10 bits per heavy atom. The van der Waals surface area contributed by atoms with Crippen LogP contribution in [0.3, 0.4) is 0 Å². The second kappa shape index (κ2) is 4.66. The maximum atomic E-state index is 12.3. The number of hydrogen-bond donors (Lipinski definition) is 2. The number of rotatable bonds is 3. The summed E-state index contributed by atoms with van der Waals surface area (Å²) < 4.78 is 5.21. The first kappa shape index (κ1) is 12.5. The Labute approximate surface area is 120 Å². The van der Waals surface area contributed by atoms with Crippen LogP contribution in [0.15, 0.2) is 22.9 Å². The molecule has 6 heteroatoms. The van der Waals surface area contributed by atoms with Gasteiger partial charge in [-0.2, -0.15) is 0 Å². The van der Waals surface area contributed by atoms with Crippen molar-refractivity contribution in [3.63, 3.8) is 0 Å². The Morgan fingerprint density at radius 2 is 2.38 bits per heavy atom. The second-order valence-corrected chi connectivity index (χ2v) is 5.79. The average Bonchev–Trinajstić information content (AvgIpc) is 3.21. The maximum Gasteiger partial charge on any atom is 0.270 e. The van der Waals surface area contributed by atoms with Crippen molar-refractivity contribution in [2.24, 2.45) is 5.92 Å². The van der Waals surface area contributed by atoms with Gasteiger partial charge in [0.1, 0.15) is 12.0 Å². The van der Waals surface area contributed by atoms with Crippen LogP contribution in [0.4, 0.5) is 0 Å². The quantitative estimate of drug-likeness (QED) is 0.826. The van der Waals surface area contributed by atoms with E-state index < -0.39 is 0 Å². The number of hydrogen-bond acceptors (Lipinski definition) is 5. The van der Waals surface area contributed by atoms with Crippen LogP contribution in [0, 0.1) is 5.92 Å². The van der Waals surface area contributed by atoms with Crippen LogP contribution in [0.25, 0.3) is 11.0 Å². The Hall–Kier alpha value is -2.21. The van der Waals surface area contributed by atoms with Gasteiger partial charge in [0.15, 0.2) is 11.9 Å². The molecule has 2 aromatic rings. The third-order valence-electron chi connectivity index (χ3n) is 4.53. The van der Waals surface area contributed by atoms with Gasteiger partial charge in [-0.3, -0.25) is 9.59 Å². The maximum absolute atomic E-state index is 12.3. The van der Waals surface area contributed by atoms with Gasteiger partial charge in [0.25, 0.3) is 5.91 Å². The third-order valence-corrected chi connectivity index (χ3v) is 4.53. The zero-order valence-electron chi connectivity index (χ0n) is 11.3. The van der Waals surface area contributed by atoms with E-state index in [1.165, 1.54) is 12.5 Å². The third kappa shape index (κ3) is 2.03. The highest BCUT2D eigenvalue weighted by Gasteiger charge is 2.40. The van der Waals surface area contributed by atoms with Gasteiger partial charge < -0.3 is 15.1 Å². The second-order valence-electron chi connectivity index (χ2n) is 5.79. The van der Waals surface area contributed by atoms with Gasteiger partial charge in [-0.1, -0.05) is 0 Å². The summed E-state index contributed by atoms with van der Waals surface area (Å²) in [5.74, 6) is 0.328. The molecule has 2 N–H and O–H groups in total. The van der Waals surface area contributed by atoms with E-state index in [-0.39, 0.29) is 11.9 Å². The average molecular weight is 285 g/mol. The molecule has 3 unspecified atom stereocenters. The fraction of sp³-hybridized carbons (Fsp3) is 0.400. The predicted molar refractivity (Wildman–Crippen MR) is 75.2 cm³/mol. The predicted octanol–water partition coefficient (Wildman–Crippen LogP) is 1.12. The molecular formula is C15H15N3O3. The molecule has 2 fully saturated rings. The molecule has 3 heterocycles. The number of carbonyl (C=O) groups excluding carboxylic acids is 2. The minimum atomic E-state index is -0.188. The standard InChI is InChI=1S/C15H15N3O3/c19-6-9-7-21-14-5-17-13(3-11(9)14)15(20)18-12-2-10-1-8(12)4-16-10/h3,5-8,10,12,16H,1-2,4H2,(H,18,20). The number of aldehydes is 1. The van der Waals surface area contributed by atoms with Crippen molar-refractivity contribution in [1.29, 1.82) is 0 Å². The number of amides is 1. The zero-order chi connectivity index (χ0) is 14.4. The summed E-state index contributed by atoms with van der Waals surface area (Å²) in [6.07, 6.45) is 5.69. The van der Waals surface area contributed by atoms with Crippen LogP contribution in [0.5, 0.6) is 0 Å². The molecule has 1 saturated carbocycles. The largest absolute Gasteiger partial charge is 0.462 e. The number of aromatic nitrogens is 1. The van der Waals surface area contributed by atoms with Crippen LogP contribution in [-0.4, -0.2) is 35.8 Å². The van der Waals surface area contributed by atoms with Gasteiger partial charge in [0.2, 0.25) is 0 Å². The Morgan fingerprint density at radius 1 is 1.48 bits per heavy atom. The summed E-state index contributed by atoms with van der Waals surface area (Å²) in [7, 11) is 0. The topological polar surface area (TPSA) is 84.2 Å². The summed E-state index contributed by atoms with van der Waals surface area (Å²) in [6, 6.07) is 2.37. The van der Waals surface area contributed by atoms with E-state index in [9.17, 15) is 9.59 Å². The van der Waals surface area contributed by atoms with E-state index in [0.29, 0.717) is 34.2 Å². The van der Waals surface area contributed by atoms with Gasteiger partial charge in [0, 0.05) is 24.0 Å². The Bertz CT molecular complexity index is 724. The molecule has 3 atom stereocenters. The zero-order valence-corrected chi connectivity index (χ0v) is 11.3. The van der Waals surface area contributed by atoms with E-state index in [0.717, 1.165) is 25.7 Å². The summed E-state index contributed by atoms with van der Waals surface area (Å²) in [5.41, 5.74) is 1.27. The highest BCUT2D eigenvalue weighted by molar-refractivity contribution is 6.00. The van der Waals surface area contributed by atoms with Crippen molar-refractivity contribution in [3.05, 3.63) is 29.8 Å². The van der Waals surface area contributed by atoms with Crippen LogP contribution >= 0.6 is 0 Å². The summed E-state index contributed by atoms with van der Waals surface area (Å²) >= 11 is 0. The number of fused-ring (bicyclic) bond motifs is 3. The molecule has 2 bridgehead atoms. The van der Waals surface area contributed by atoms with Crippen molar-refractivity contribution in [1.82, 2.24) is 15.6 Å². The van der Waals surface area contributed by atoms with E-state index >= 15 is 0 Å². The van der Waals surface area contributed by atoms with Gasteiger partial charge >= 0.3 is 0 Å². The van der Waals surface area contributed by atoms with Gasteiger partial charge in [-0.25, -0.2) is 4.98 Å². The summed E-state index contributed by atoms with van der Waals surface area (Å²) in [6.45, 7) is 0.971. The molecule has 0 aromatic carbocycles. The molecule has 0 radical (unpaired) electrons. The van der Waals surface area contributed by atoms with Crippen LogP contribution in [0.1, 0.15) is 33.7 Å². The van der Waals surface area contributed by atoms with Crippen molar-refractivity contribution in [2.75, 3.05) is 6.54 Å². The van der Waals surface area contributed by atoms with E-state index in [1.807, 2.05) is 0 Å². The molecule has 108 valence electrons. The molecule has 1 amide bonds. The highest BCUT2D eigenvalue weighted by Crippen LogP contribution is 2.31. The molecule has 21 heavy (non-hydrogen) atoms. The minimum Gasteiger partial charge on any atom is -0.462 e. The van der Waals surface area contributed by atoms with Crippen molar-refractivity contribution < 1.29 is 14.0 Å². The molecule has 1 saturated heterocycles. The molecular weight excluding hydrogens is 270 g/mol. The molecule has 2 aromatic heterocycles. The monoisotopic (exact) mass is 285 g/mol. The molecule has 4 rings (SSSR count). The molecule has 0 spiro atoms. The lowest BCUT2D eigenvalue weighted by Crippen LogP contribution is -2.44. The van der Waals surface area contributed by atoms with Gasteiger partial charge in [0.05, 0.1) is 11.8 Å². The summed E-state index contributed by atoms with van der Waals surface area (Å²) in [5, 5.41) is 7.10. The lowest BCUT2D eigenvalue weighted by Gasteiger charge is -2.23. The first-order valence-electron chi connectivity index (χ1n) is 7.11. The molecule has 1 aliphatic heterocycles. The number of pyridine rings is 1. The van der Waals surface area contributed by atoms with Crippen molar-refractivity contribution >= 4 is 23.2 Å². The fourth-order valence-corrected chi connectivity index (χ4v) is 3.42. The van der Waals surface area contributed by atoms with Crippen LogP contribution < -0.4 is 10.6 Å². The Kier molecular flexibility index (Phi) is 2.78. The van der Waals surface area contributed by atoms with Gasteiger partial charge in [-0.15, -0.1) is 0 Å². The first-order valence-corrected chi connectivity index (χ1v) is 7.11. The number of nitrogens with one attached hydrogen (secondary N) is 2. The summed E-state index contributed by atoms with van der Waals surface area (Å²) in [4.78, 5) is 27.4. The lowest BCUT2D eigenvalue weighted by molar-refractivity contribution is 0.0919. The molecule has 2 aliphatic rings. The number of piperidine rings is 1. The van der Waals surface area contributed by atoms with Crippen LogP contribution in [-0.2, 0) is 0 Å².